The van der Waals surface area contributed by atoms with Gasteiger partial charge in [0.2, 0.25) is 5.78 Å². The van der Waals surface area contributed by atoms with Crippen LogP contribution in [-0.2, 0) is 16.1 Å². The number of Topliss-reactive ketones (excluding diaryl/α,β-unsaturated/α-hetero) is 2. The molecule has 0 bridgehead atoms. The third-order valence-electron chi connectivity index (χ3n) is 5.61. The van der Waals surface area contributed by atoms with Crippen molar-refractivity contribution in [1.29, 1.82) is 0 Å². The highest BCUT2D eigenvalue weighted by atomic mass is 35.5. The summed E-state index contributed by atoms with van der Waals surface area (Å²) in [5.41, 5.74) is 0.867. The molecule has 0 radical (unpaired) electrons. The quantitative estimate of drug-likeness (QED) is 0.332. The fourth-order valence-corrected chi connectivity index (χ4v) is 4.37. The van der Waals surface area contributed by atoms with Gasteiger partial charge in [0.05, 0.1) is 18.8 Å². The predicted molar refractivity (Wildman–Crippen MR) is 114 cm³/mol. The maximum absolute atomic E-state index is 13.6. The van der Waals surface area contributed by atoms with Gasteiger partial charge in [-0.2, -0.15) is 0 Å². The standard InChI is InChI=1S/C24H18ClNO6/c25-16-4-1-3-14(11-16)21-20(23(28)24(29)26(21)13-17-5-2-8-30-17)22(27)15-6-7-18-19(12-15)32-10-9-31-18/h1-8,11-12,20-21H,9-10,13H2. The molecule has 2 aromatic carbocycles. The van der Waals surface area contributed by atoms with E-state index >= 15 is 0 Å². The van der Waals surface area contributed by atoms with Crippen LogP contribution in [-0.4, -0.2) is 35.6 Å². The van der Waals surface area contributed by atoms with Crippen LogP contribution in [0.4, 0.5) is 0 Å². The summed E-state index contributed by atoms with van der Waals surface area (Å²) < 4.78 is 16.5. The first kappa shape index (κ1) is 20.3. The van der Waals surface area contributed by atoms with E-state index in [0.717, 1.165) is 0 Å². The lowest BCUT2D eigenvalue weighted by Gasteiger charge is -2.27. The Kier molecular flexibility index (Phi) is 5.19. The van der Waals surface area contributed by atoms with Gasteiger partial charge in [-0.25, -0.2) is 0 Å². The Labute approximate surface area is 188 Å². The zero-order valence-corrected chi connectivity index (χ0v) is 17.6. The van der Waals surface area contributed by atoms with Crippen molar-refractivity contribution < 1.29 is 28.3 Å². The number of ether oxygens (including phenoxy) is 2. The third kappa shape index (κ3) is 3.54. The van der Waals surface area contributed by atoms with Crippen LogP contribution in [0.2, 0.25) is 5.02 Å². The summed E-state index contributed by atoms with van der Waals surface area (Å²) in [5, 5.41) is 0.442. The van der Waals surface area contributed by atoms with Crippen molar-refractivity contribution in [2.24, 2.45) is 5.92 Å². The lowest BCUT2D eigenvalue weighted by molar-refractivity contribution is -0.141. The van der Waals surface area contributed by atoms with Gasteiger partial charge in [-0.1, -0.05) is 23.7 Å². The van der Waals surface area contributed by atoms with E-state index in [1.54, 1.807) is 54.6 Å². The Morgan fingerprint density at radius 2 is 1.81 bits per heavy atom. The average Bonchev–Trinajstić information content (AvgIpc) is 3.41. The number of hydrogen-bond acceptors (Lipinski definition) is 6. The molecule has 0 saturated carbocycles. The molecule has 2 unspecified atom stereocenters. The Bertz CT molecular complexity index is 1200. The van der Waals surface area contributed by atoms with E-state index in [1.165, 1.54) is 11.2 Å². The lowest BCUT2D eigenvalue weighted by atomic mass is 9.86. The summed E-state index contributed by atoms with van der Waals surface area (Å²) in [7, 11) is 0. The van der Waals surface area contributed by atoms with Gasteiger partial charge in [-0.05, 0) is 48.0 Å². The molecule has 0 N–H and O–H groups in total. The first-order valence-corrected chi connectivity index (χ1v) is 10.5. The molecule has 0 aliphatic carbocycles. The summed E-state index contributed by atoms with van der Waals surface area (Å²) in [6, 6.07) is 14.2. The van der Waals surface area contributed by atoms with Crippen LogP contribution < -0.4 is 9.47 Å². The molecule has 1 aromatic heterocycles. The van der Waals surface area contributed by atoms with Gasteiger partial charge in [-0.3, -0.25) is 14.4 Å². The van der Waals surface area contributed by atoms with Gasteiger partial charge in [0, 0.05) is 10.6 Å². The molecule has 1 fully saturated rings. The van der Waals surface area contributed by atoms with Crippen molar-refractivity contribution >= 4 is 29.1 Å². The summed E-state index contributed by atoms with van der Waals surface area (Å²) in [4.78, 5) is 41.0. The number of rotatable bonds is 5. The second-order valence-corrected chi connectivity index (χ2v) is 8.01. The lowest BCUT2D eigenvalue weighted by Crippen LogP contribution is -2.30. The Hall–Kier alpha value is -3.58. The first-order chi connectivity index (χ1) is 15.5. The number of fused-ring (bicyclic) bond motifs is 1. The predicted octanol–water partition coefficient (Wildman–Crippen LogP) is 3.86. The molecule has 7 nitrogen and oxygen atoms in total. The molecule has 0 spiro atoms. The Morgan fingerprint density at radius 1 is 1.00 bits per heavy atom. The fraction of sp³-hybridized carbons (Fsp3) is 0.208. The van der Waals surface area contributed by atoms with Gasteiger partial charge >= 0.3 is 0 Å². The zero-order chi connectivity index (χ0) is 22.2. The van der Waals surface area contributed by atoms with Crippen LogP contribution in [0.25, 0.3) is 0 Å². The minimum atomic E-state index is -1.22. The number of amides is 1. The molecule has 2 aliphatic rings. The Balaban J connectivity index is 1.56. The molecule has 1 saturated heterocycles. The molecule has 5 rings (SSSR count). The monoisotopic (exact) mass is 451 g/mol. The number of nitrogens with zero attached hydrogens (tertiary/aromatic N) is 1. The molecule has 8 heteroatoms. The molecule has 2 atom stereocenters. The molecule has 3 aromatic rings. The van der Waals surface area contributed by atoms with Crippen molar-refractivity contribution in [1.82, 2.24) is 4.90 Å². The number of benzene rings is 2. The van der Waals surface area contributed by atoms with Gasteiger partial charge < -0.3 is 18.8 Å². The molecule has 3 heterocycles. The number of carbonyl (C=O) groups is 3. The number of halogens is 1. The van der Waals surface area contributed by atoms with E-state index in [4.69, 9.17) is 25.5 Å². The van der Waals surface area contributed by atoms with Crippen LogP contribution in [0.5, 0.6) is 11.5 Å². The second-order valence-electron chi connectivity index (χ2n) is 7.58. The molecular formula is C24H18ClNO6. The number of hydrogen-bond donors (Lipinski definition) is 0. The van der Waals surface area contributed by atoms with Crippen molar-refractivity contribution in [2.45, 2.75) is 12.6 Å². The van der Waals surface area contributed by atoms with E-state index in [2.05, 4.69) is 0 Å². The number of ketones is 2. The van der Waals surface area contributed by atoms with Crippen molar-refractivity contribution in [3.8, 4) is 11.5 Å². The molecule has 162 valence electrons. The largest absolute Gasteiger partial charge is 0.486 e. The average molecular weight is 452 g/mol. The van der Waals surface area contributed by atoms with Crippen LogP contribution in [0, 0.1) is 5.92 Å². The summed E-state index contributed by atoms with van der Waals surface area (Å²) >= 11 is 6.19. The van der Waals surface area contributed by atoms with Crippen molar-refractivity contribution in [2.75, 3.05) is 13.2 Å². The van der Waals surface area contributed by atoms with Gasteiger partial charge in [-0.15, -0.1) is 0 Å². The van der Waals surface area contributed by atoms with Gasteiger partial charge in [0.15, 0.2) is 17.3 Å². The maximum Gasteiger partial charge on any atom is 0.291 e. The van der Waals surface area contributed by atoms with Crippen LogP contribution in [0.15, 0.2) is 65.3 Å². The fourth-order valence-electron chi connectivity index (χ4n) is 4.17. The Morgan fingerprint density at radius 3 is 2.56 bits per heavy atom. The van der Waals surface area contributed by atoms with E-state index in [-0.39, 0.29) is 12.1 Å². The number of furan rings is 1. The summed E-state index contributed by atoms with van der Waals surface area (Å²) in [6.45, 7) is 0.849. The van der Waals surface area contributed by atoms with Gasteiger partial charge in [0.25, 0.3) is 5.91 Å². The molecule has 1 amide bonds. The highest BCUT2D eigenvalue weighted by Crippen LogP contribution is 2.41. The van der Waals surface area contributed by atoms with Crippen LogP contribution in [0.3, 0.4) is 0 Å². The maximum atomic E-state index is 13.6. The topological polar surface area (TPSA) is 86.1 Å². The normalized spacial score (nSPS) is 20.0. The van der Waals surface area contributed by atoms with E-state index in [0.29, 0.717) is 41.1 Å². The number of carbonyl (C=O) groups excluding carboxylic acids is 3. The van der Waals surface area contributed by atoms with Crippen molar-refractivity contribution in [3.05, 3.63) is 82.8 Å². The molecule has 2 aliphatic heterocycles. The third-order valence-corrected chi connectivity index (χ3v) is 5.85. The first-order valence-electron chi connectivity index (χ1n) is 10.1. The SMILES string of the molecule is O=C1C(=O)N(Cc2ccco2)C(c2cccc(Cl)c2)C1C(=O)c1ccc2c(c1)OCCO2. The van der Waals surface area contributed by atoms with E-state index in [1.807, 2.05) is 0 Å². The van der Waals surface area contributed by atoms with Crippen LogP contribution in [0.1, 0.15) is 27.7 Å². The number of likely N-dealkylation sites (tertiary alicyclic amines) is 1. The molecular weight excluding hydrogens is 434 g/mol. The second kappa shape index (κ2) is 8.16. The minimum absolute atomic E-state index is 0.0552. The minimum Gasteiger partial charge on any atom is -0.486 e. The highest BCUT2D eigenvalue weighted by molar-refractivity contribution is 6.44. The van der Waals surface area contributed by atoms with Gasteiger partial charge in [0.1, 0.15) is 24.9 Å². The van der Waals surface area contributed by atoms with E-state index < -0.39 is 29.4 Å². The van der Waals surface area contributed by atoms with E-state index in [9.17, 15) is 14.4 Å². The van der Waals surface area contributed by atoms with Crippen LogP contribution >= 0.6 is 11.6 Å². The smallest absolute Gasteiger partial charge is 0.291 e. The summed E-state index contributed by atoms with van der Waals surface area (Å²) in [6.07, 6.45) is 1.49. The summed E-state index contributed by atoms with van der Waals surface area (Å²) in [5.74, 6) is -1.71. The zero-order valence-electron chi connectivity index (χ0n) is 16.8. The highest BCUT2D eigenvalue weighted by Gasteiger charge is 2.52. The molecule has 32 heavy (non-hydrogen) atoms. The van der Waals surface area contributed by atoms with Crippen molar-refractivity contribution in [3.63, 3.8) is 0 Å².